The first kappa shape index (κ1) is 88.6. The Morgan fingerprint density at radius 1 is 0.186 bits per heavy atom. The third kappa shape index (κ3) is 39.4. The Morgan fingerprint density at radius 2 is 0.304 bits per heavy atom. The number of esters is 6. The highest BCUT2D eigenvalue weighted by atomic mass is 16.6. The zero-order chi connectivity index (χ0) is 73.3. The van der Waals surface area contributed by atoms with E-state index in [1.807, 2.05) is 0 Å². The van der Waals surface area contributed by atoms with Crippen LogP contribution in [0.15, 0.2) is 36.4 Å². The maximum atomic E-state index is 14.0. The molecule has 4 rings (SSSR count). The van der Waals surface area contributed by atoms with Crippen molar-refractivity contribution < 1.29 is 85.6 Å². The molecule has 0 amide bonds. The Kier molecular flexibility index (Phi) is 50.8. The van der Waals surface area contributed by atoms with Gasteiger partial charge >= 0.3 is 35.8 Å². The lowest BCUT2D eigenvalue weighted by Crippen LogP contribution is -2.20. The number of benzene rings is 4. The molecule has 0 atom stereocenters. The van der Waals surface area contributed by atoms with Crippen molar-refractivity contribution in [3.05, 3.63) is 36.4 Å². The Balaban J connectivity index is 1.93. The average molecular weight is 1430 g/mol. The van der Waals surface area contributed by atoms with Gasteiger partial charge in [-0.1, -0.05) is 273 Å². The number of fused-ring (bicyclic) bond motifs is 6. The predicted octanol–water partition coefficient (Wildman–Crippen LogP) is 21.2. The van der Waals surface area contributed by atoms with Gasteiger partial charge in [0.1, 0.15) is 39.6 Å². The second-order valence-corrected chi connectivity index (χ2v) is 27.4. The molecule has 0 bridgehead atoms. The standard InChI is InChI=1S/C84H132O18/c1-7-13-19-25-31-37-43-49-91-61-79(85)97-73-55-67-68(56-74(73)98-80(86)62-92-50-44-38-32-26-20-14-8-2)70-58-76(100-82(88)64-94-52-46-40-34-28-22-16-10-4)78(102-84(90)66-96-54-48-42-36-30-24-18-12-6)60-72(70)71-59-77(101-83(89)65-95-53-47-41-35-29-23-17-11-5)75(57-69(67)71)99-81(87)63-93-51-45-39-33-27-21-15-9-3/h55-60H,7-54,61-66H2,1-6H3. The minimum absolute atomic E-state index is 0.147. The predicted molar refractivity (Wildman–Crippen MR) is 406 cm³/mol. The molecule has 4 aromatic rings. The van der Waals surface area contributed by atoms with Gasteiger partial charge in [-0.15, -0.1) is 0 Å². The van der Waals surface area contributed by atoms with E-state index in [9.17, 15) is 28.8 Å². The van der Waals surface area contributed by atoms with Crippen LogP contribution in [0.3, 0.4) is 0 Å². The van der Waals surface area contributed by atoms with Gasteiger partial charge in [0.25, 0.3) is 0 Å². The van der Waals surface area contributed by atoms with Gasteiger partial charge in [0.2, 0.25) is 0 Å². The summed E-state index contributed by atoms with van der Waals surface area (Å²) in [5.41, 5.74) is 0. The maximum Gasteiger partial charge on any atom is 0.337 e. The van der Waals surface area contributed by atoms with Crippen LogP contribution in [-0.2, 0) is 57.2 Å². The summed E-state index contributed by atoms with van der Waals surface area (Å²) < 4.78 is 71.8. The molecular weight excluding hydrogens is 1300 g/mol. The Morgan fingerprint density at radius 3 is 0.431 bits per heavy atom. The normalized spacial score (nSPS) is 11.5. The quantitative estimate of drug-likeness (QED) is 0.0174. The second kappa shape index (κ2) is 58.5. The van der Waals surface area contributed by atoms with Gasteiger partial charge < -0.3 is 56.8 Å². The van der Waals surface area contributed by atoms with Crippen LogP contribution in [0.2, 0.25) is 0 Å². The fourth-order valence-corrected chi connectivity index (χ4v) is 12.3. The van der Waals surface area contributed by atoms with E-state index in [1.54, 1.807) is 0 Å². The van der Waals surface area contributed by atoms with Crippen LogP contribution in [-0.4, -0.2) is 115 Å². The molecule has 0 saturated carbocycles. The monoisotopic (exact) mass is 1430 g/mol. The lowest BCUT2D eigenvalue weighted by Gasteiger charge is -2.19. The van der Waals surface area contributed by atoms with Crippen molar-refractivity contribution >= 4 is 68.1 Å². The molecule has 18 nitrogen and oxygen atoms in total. The molecule has 0 aromatic heterocycles. The molecule has 4 aromatic carbocycles. The van der Waals surface area contributed by atoms with Gasteiger partial charge in [-0.2, -0.15) is 0 Å². The van der Waals surface area contributed by atoms with Crippen molar-refractivity contribution in [2.24, 2.45) is 0 Å². The van der Waals surface area contributed by atoms with Crippen molar-refractivity contribution in [1.29, 1.82) is 0 Å². The summed E-state index contributed by atoms with van der Waals surface area (Å²) in [6.45, 7) is 12.7. The number of carbonyl (C=O) groups is 6. The Labute approximate surface area is 612 Å². The van der Waals surface area contributed by atoms with Crippen LogP contribution in [0.4, 0.5) is 0 Å². The SMILES string of the molecule is CCCCCCCCCOCC(=O)Oc1cc2c3cc(OC(=O)COCCCCCCCCC)c(OC(=O)COCCCCCCCCC)cc3c3cc(OC(=O)COCCCCCCCCC)c(OC(=O)COCCCCCCCCC)cc3c2cc1OC(=O)COCCCCCCCCC. The van der Waals surface area contributed by atoms with E-state index in [-0.39, 0.29) is 34.5 Å². The highest BCUT2D eigenvalue weighted by molar-refractivity contribution is 6.27. The molecule has 576 valence electrons. The maximum absolute atomic E-state index is 14.0. The van der Waals surface area contributed by atoms with Gasteiger partial charge in [0, 0.05) is 39.6 Å². The van der Waals surface area contributed by atoms with Crippen molar-refractivity contribution in [2.75, 3.05) is 79.3 Å². The van der Waals surface area contributed by atoms with Gasteiger partial charge in [-0.25, -0.2) is 28.8 Å². The van der Waals surface area contributed by atoms with E-state index in [4.69, 9.17) is 56.8 Å². The molecular formula is C84H132O18. The van der Waals surface area contributed by atoms with Crippen molar-refractivity contribution in [1.82, 2.24) is 0 Å². The number of ether oxygens (including phenoxy) is 12. The Hall–Kier alpha value is -5.76. The van der Waals surface area contributed by atoms with E-state index < -0.39 is 75.5 Å². The summed E-state index contributed by atoms with van der Waals surface area (Å²) in [6, 6.07) is 9.21. The van der Waals surface area contributed by atoms with Crippen LogP contribution in [0.25, 0.3) is 32.3 Å². The molecule has 0 N–H and O–H groups in total. The fourth-order valence-electron chi connectivity index (χ4n) is 12.3. The van der Waals surface area contributed by atoms with Crippen LogP contribution in [0.5, 0.6) is 34.5 Å². The average Bonchev–Trinajstić information content (AvgIpc) is 0.726. The smallest absolute Gasteiger partial charge is 0.337 e. The third-order valence-corrected chi connectivity index (χ3v) is 18.1. The fraction of sp³-hybridized carbons (Fsp3) is 0.714. The van der Waals surface area contributed by atoms with Crippen LogP contribution in [0.1, 0.15) is 311 Å². The number of hydrogen-bond donors (Lipinski definition) is 0. The number of rotatable bonds is 66. The van der Waals surface area contributed by atoms with Gasteiger partial charge in [0.05, 0.1) is 0 Å². The van der Waals surface area contributed by atoms with Crippen molar-refractivity contribution in [3.8, 4) is 34.5 Å². The highest BCUT2D eigenvalue weighted by Crippen LogP contribution is 2.47. The molecule has 0 saturated heterocycles. The molecule has 102 heavy (non-hydrogen) atoms. The molecule has 0 heterocycles. The molecule has 18 heteroatoms. The molecule has 0 aliphatic carbocycles. The zero-order valence-corrected chi connectivity index (χ0v) is 64.0. The third-order valence-electron chi connectivity index (χ3n) is 18.1. The first-order valence-electron chi connectivity index (χ1n) is 40.2. The highest BCUT2D eigenvalue weighted by Gasteiger charge is 2.26. The molecule has 0 aliphatic rings. The van der Waals surface area contributed by atoms with E-state index in [0.717, 1.165) is 193 Å². The summed E-state index contributed by atoms with van der Waals surface area (Å²) in [5, 5.41) is 2.17. The first-order chi connectivity index (χ1) is 50.0. The van der Waals surface area contributed by atoms with Gasteiger partial charge in [-0.3, -0.25) is 0 Å². The largest absolute Gasteiger partial charge is 0.421 e. The molecule has 0 radical (unpaired) electrons. The molecule has 0 aliphatic heterocycles. The minimum atomic E-state index is -0.759. The van der Waals surface area contributed by atoms with Crippen LogP contribution >= 0.6 is 0 Å². The topological polar surface area (TPSA) is 213 Å². The van der Waals surface area contributed by atoms with Crippen LogP contribution < -0.4 is 28.4 Å². The number of carbonyl (C=O) groups excluding carboxylic acids is 6. The summed E-state index contributed by atoms with van der Waals surface area (Å²) >= 11 is 0. The van der Waals surface area contributed by atoms with E-state index in [1.165, 1.54) is 113 Å². The van der Waals surface area contributed by atoms with E-state index in [0.29, 0.717) is 72.0 Å². The molecule has 0 spiro atoms. The summed E-state index contributed by atoms with van der Waals surface area (Å²) in [4.78, 5) is 83.9. The summed E-state index contributed by atoms with van der Waals surface area (Å²) in [7, 11) is 0. The molecule has 0 unspecified atom stereocenters. The number of hydrogen-bond acceptors (Lipinski definition) is 18. The van der Waals surface area contributed by atoms with E-state index >= 15 is 0 Å². The zero-order valence-electron chi connectivity index (χ0n) is 64.0. The number of unbranched alkanes of at least 4 members (excludes halogenated alkanes) is 36. The van der Waals surface area contributed by atoms with Gasteiger partial charge in [0.15, 0.2) is 34.5 Å². The first-order valence-corrected chi connectivity index (χ1v) is 40.2. The second-order valence-electron chi connectivity index (χ2n) is 27.4. The summed E-state index contributed by atoms with van der Waals surface area (Å²) in [6.07, 6.45) is 44.7. The van der Waals surface area contributed by atoms with Gasteiger partial charge in [-0.05, 0) is 107 Å². The molecule has 0 fully saturated rings. The Bertz CT molecular complexity index is 2410. The van der Waals surface area contributed by atoms with Crippen molar-refractivity contribution in [2.45, 2.75) is 311 Å². The lowest BCUT2D eigenvalue weighted by molar-refractivity contribution is -0.142. The lowest BCUT2D eigenvalue weighted by atomic mass is 9.93. The van der Waals surface area contributed by atoms with Crippen LogP contribution in [0, 0.1) is 0 Å². The van der Waals surface area contributed by atoms with Crippen molar-refractivity contribution in [3.63, 3.8) is 0 Å². The minimum Gasteiger partial charge on any atom is -0.421 e. The van der Waals surface area contributed by atoms with E-state index in [2.05, 4.69) is 41.5 Å². The summed E-state index contributed by atoms with van der Waals surface area (Å²) in [5.74, 6) is -5.44.